The van der Waals surface area contributed by atoms with Gasteiger partial charge in [0.15, 0.2) is 0 Å². The van der Waals surface area contributed by atoms with Crippen molar-refractivity contribution in [3.05, 3.63) is 35.4 Å². The van der Waals surface area contributed by atoms with Crippen molar-refractivity contribution < 1.29 is 9.59 Å². The molecule has 25 heavy (non-hydrogen) atoms. The summed E-state index contributed by atoms with van der Waals surface area (Å²) in [7, 11) is 0. The Labute approximate surface area is 151 Å². The van der Waals surface area contributed by atoms with Gasteiger partial charge in [0.05, 0.1) is 6.04 Å². The fourth-order valence-corrected chi connectivity index (χ4v) is 4.36. The highest BCUT2D eigenvalue weighted by molar-refractivity contribution is 5.83. The monoisotopic (exact) mass is 342 g/mol. The van der Waals surface area contributed by atoms with E-state index in [1.807, 2.05) is 4.90 Å². The third-order valence-electron chi connectivity index (χ3n) is 5.62. The fraction of sp³-hybridized carbons (Fsp3) is 0.619. The Morgan fingerprint density at radius 2 is 1.72 bits per heavy atom. The number of likely N-dealkylation sites (tertiary alicyclic amines) is 1. The molecule has 4 heteroatoms. The molecular weight excluding hydrogens is 312 g/mol. The Hall–Kier alpha value is -1.84. The maximum atomic E-state index is 12.6. The molecule has 0 bridgehead atoms. The normalized spacial score (nSPS) is 20.4. The van der Waals surface area contributed by atoms with E-state index in [9.17, 15) is 9.59 Å². The van der Waals surface area contributed by atoms with Crippen molar-refractivity contribution in [3.8, 4) is 0 Å². The number of amides is 2. The maximum Gasteiger partial charge on any atom is 0.225 e. The highest BCUT2D eigenvalue weighted by atomic mass is 16.2. The third-order valence-corrected chi connectivity index (χ3v) is 5.62. The number of rotatable bonds is 7. The first-order valence-electron chi connectivity index (χ1n) is 9.79. The van der Waals surface area contributed by atoms with Crippen LogP contribution >= 0.6 is 0 Å². The van der Waals surface area contributed by atoms with Crippen LogP contribution < -0.4 is 5.32 Å². The topological polar surface area (TPSA) is 49.4 Å². The Balaban J connectivity index is 1.57. The molecule has 1 atom stereocenters. The van der Waals surface area contributed by atoms with Crippen molar-refractivity contribution in [1.82, 2.24) is 10.2 Å². The van der Waals surface area contributed by atoms with E-state index in [0.29, 0.717) is 13.0 Å². The number of nitrogens with one attached hydrogen (secondary N) is 1. The summed E-state index contributed by atoms with van der Waals surface area (Å²) in [6.45, 7) is 4.90. The first kappa shape index (κ1) is 18.0. The lowest BCUT2D eigenvalue weighted by Crippen LogP contribution is -2.42. The van der Waals surface area contributed by atoms with Gasteiger partial charge in [-0.25, -0.2) is 0 Å². The van der Waals surface area contributed by atoms with Crippen LogP contribution in [0.4, 0.5) is 0 Å². The quantitative estimate of drug-likeness (QED) is 0.828. The average molecular weight is 342 g/mol. The summed E-state index contributed by atoms with van der Waals surface area (Å²) in [6, 6.07) is 8.69. The molecule has 2 amide bonds. The first-order chi connectivity index (χ1) is 12.1. The summed E-state index contributed by atoms with van der Waals surface area (Å²) >= 11 is 0. The van der Waals surface area contributed by atoms with Gasteiger partial charge >= 0.3 is 0 Å². The smallest absolute Gasteiger partial charge is 0.225 e. The van der Waals surface area contributed by atoms with Crippen LogP contribution in [0.25, 0.3) is 0 Å². The van der Waals surface area contributed by atoms with Gasteiger partial charge in [-0.05, 0) is 36.8 Å². The lowest BCUT2D eigenvalue weighted by molar-refractivity contribution is -0.129. The Morgan fingerprint density at radius 1 is 1.12 bits per heavy atom. The number of fused-ring (bicyclic) bond motifs is 1. The van der Waals surface area contributed by atoms with Gasteiger partial charge in [0.25, 0.3) is 0 Å². The molecule has 1 saturated heterocycles. The molecule has 1 heterocycles. The number of nitrogens with zero attached hydrogens (tertiary/aromatic N) is 1. The van der Waals surface area contributed by atoms with Gasteiger partial charge in [-0.15, -0.1) is 0 Å². The van der Waals surface area contributed by atoms with E-state index in [0.717, 1.165) is 38.5 Å². The second-order valence-corrected chi connectivity index (χ2v) is 7.56. The van der Waals surface area contributed by atoms with Crippen LogP contribution in [0.3, 0.4) is 0 Å². The minimum absolute atomic E-state index is 0.0278. The lowest BCUT2D eigenvalue weighted by atomic mass is 9.97. The highest BCUT2D eigenvalue weighted by Gasteiger charge is 2.37. The summed E-state index contributed by atoms with van der Waals surface area (Å²) in [5.74, 6) is 0.415. The summed E-state index contributed by atoms with van der Waals surface area (Å²) in [5, 5.41) is 3.15. The predicted octanol–water partition coefficient (Wildman–Crippen LogP) is 3.09. The summed E-state index contributed by atoms with van der Waals surface area (Å²) in [5.41, 5.74) is 2.72. The zero-order valence-corrected chi connectivity index (χ0v) is 15.5. The Bertz CT molecular complexity index is 597. The van der Waals surface area contributed by atoms with Crippen molar-refractivity contribution >= 4 is 11.8 Å². The van der Waals surface area contributed by atoms with Crippen LogP contribution in [0.15, 0.2) is 24.3 Å². The lowest BCUT2D eigenvalue weighted by Gasteiger charge is -2.25. The number of hydrogen-bond acceptors (Lipinski definition) is 2. The minimum Gasteiger partial charge on any atom is -0.351 e. The van der Waals surface area contributed by atoms with Crippen LogP contribution in [0.1, 0.15) is 57.1 Å². The minimum atomic E-state index is -0.0278. The molecule has 2 aliphatic rings. The number of carbonyl (C=O) groups is 2. The fourth-order valence-electron chi connectivity index (χ4n) is 4.36. The van der Waals surface area contributed by atoms with Crippen molar-refractivity contribution in [2.24, 2.45) is 5.92 Å². The van der Waals surface area contributed by atoms with Crippen LogP contribution in [0.5, 0.6) is 0 Å². The molecule has 1 fully saturated rings. The summed E-state index contributed by atoms with van der Waals surface area (Å²) in [6.07, 6.45) is 6.24. The molecule has 1 aliphatic carbocycles. The predicted molar refractivity (Wildman–Crippen MR) is 99.2 cm³/mol. The molecule has 1 unspecified atom stereocenters. The molecular formula is C21H30N2O2. The molecule has 1 aliphatic heterocycles. The highest BCUT2D eigenvalue weighted by Crippen LogP contribution is 2.28. The van der Waals surface area contributed by atoms with E-state index < -0.39 is 0 Å². The molecule has 136 valence electrons. The molecule has 0 spiro atoms. The van der Waals surface area contributed by atoms with Crippen molar-refractivity contribution in [2.75, 3.05) is 6.54 Å². The second kappa shape index (κ2) is 8.03. The van der Waals surface area contributed by atoms with E-state index in [-0.39, 0.29) is 29.8 Å². The molecule has 1 N–H and O–H groups in total. The molecule has 0 saturated carbocycles. The van der Waals surface area contributed by atoms with E-state index >= 15 is 0 Å². The summed E-state index contributed by atoms with van der Waals surface area (Å²) in [4.78, 5) is 27.1. The van der Waals surface area contributed by atoms with Crippen molar-refractivity contribution in [3.63, 3.8) is 0 Å². The molecule has 0 radical (unpaired) electrons. The van der Waals surface area contributed by atoms with Crippen LogP contribution in [-0.4, -0.2) is 35.3 Å². The molecule has 1 aromatic rings. The molecule has 0 aromatic heterocycles. The van der Waals surface area contributed by atoms with Gasteiger partial charge in [-0.3, -0.25) is 9.59 Å². The molecule has 1 aromatic carbocycles. The number of hydrogen-bond donors (Lipinski definition) is 1. The Morgan fingerprint density at radius 3 is 2.28 bits per heavy atom. The molecule has 4 nitrogen and oxygen atoms in total. The zero-order chi connectivity index (χ0) is 17.8. The van der Waals surface area contributed by atoms with Crippen LogP contribution in [-0.2, 0) is 22.4 Å². The number of carbonyl (C=O) groups excluding carboxylic acids is 2. The van der Waals surface area contributed by atoms with Gasteiger partial charge in [0, 0.05) is 24.9 Å². The van der Waals surface area contributed by atoms with Crippen molar-refractivity contribution in [2.45, 2.75) is 70.9 Å². The SMILES string of the molecule is CCCC(CCC)C(=O)NC1CC(=O)N(C2Cc3ccccc3C2)C1. The standard InChI is InChI=1S/C21H30N2O2/c1-3-7-15(8-4-2)21(25)22-18-13-20(24)23(14-18)19-11-16-9-5-6-10-17(16)12-19/h5-6,9-10,15,18-19H,3-4,7-8,11-14H2,1-2H3,(H,22,25). The number of benzene rings is 1. The zero-order valence-electron chi connectivity index (χ0n) is 15.5. The van der Waals surface area contributed by atoms with Gasteiger partial charge < -0.3 is 10.2 Å². The average Bonchev–Trinajstić information content (AvgIpc) is 3.17. The van der Waals surface area contributed by atoms with Crippen molar-refractivity contribution in [1.29, 1.82) is 0 Å². The summed E-state index contributed by atoms with van der Waals surface area (Å²) < 4.78 is 0. The van der Waals surface area contributed by atoms with E-state index in [2.05, 4.69) is 43.4 Å². The largest absolute Gasteiger partial charge is 0.351 e. The maximum absolute atomic E-state index is 12.6. The van der Waals surface area contributed by atoms with E-state index in [4.69, 9.17) is 0 Å². The molecule has 3 rings (SSSR count). The van der Waals surface area contributed by atoms with Gasteiger partial charge in [0.1, 0.15) is 0 Å². The van der Waals surface area contributed by atoms with Crippen LogP contribution in [0, 0.1) is 5.92 Å². The van der Waals surface area contributed by atoms with Crippen LogP contribution in [0.2, 0.25) is 0 Å². The van der Waals surface area contributed by atoms with E-state index in [1.54, 1.807) is 0 Å². The third kappa shape index (κ3) is 4.05. The van der Waals surface area contributed by atoms with E-state index in [1.165, 1.54) is 11.1 Å². The Kier molecular flexibility index (Phi) is 5.77. The first-order valence-corrected chi connectivity index (χ1v) is 9.79. The van der Waals surface area contributed by atoms with Gasteiger partial charge in [0.2, 0.25) is 11.8 Å². The second-order valence-electron chi connectivity index (χ2n) is 7.56. The van der Waals surface area contributed by atoms with Gasteiger partial charge in [-0.1, -0.05) is 51.0 Å². The van der Waals surface area contributed by atoms with Gasteiger partial charge in [-0.2, -0.15) is 0 Å².